The highest BCUT2D eigenvalue weighted by molar-refractivity contribution is 6.18. The second-order valence-electron chi connectivity index (χ2n) is 11.4. The van der Waals surface area contributed by atoms with Crippen LogP contribution in [0.2, 0.25) is 0 Å². The molecule has 1 heterocycles. The molecule has 0 N–H and O–H groups in total. The summed E-state index contributed by atoms with van der Waals surface area (Å²) in [6, 6.07) is 61.5. The highest BCUT2D eigenvalue weighted by atomic mass is 15.1. The maximum absolute atomic E-state index is 2.39. The molecule has 0 unspecified atom stereocenters. The molecule has 0 saturated carbocycles. The lowest BCUT2D eigenvalue weighted by Gasteiger charge is -2.26. The molecule has 9 aromatic rings. The van der Waals surface area contributed by atoms with E-state index < -0.39 is 0 Å². The average Bonchev–Trinajstić information content (AvgIpc) is 3.42. The van der Waals surface area contributed by atoms with Gasteiger partial charge in [0.25, 0.3) is 0 Å². The number of benzene rings is 8. The van der Waals surface area contributed by atoms with Gasteiger partial charge < -0.3 is 9.47 Å². The summed E-state index contributed by atoms with van der Waals surface area (Å²) in [7, 11) is 0. The minimum atomic E-state index is 1.12. The Bertz CT molecular complexity index is 2490. The molecule has 0 fully saturated rings. The largest absolute Gasteiger partial charge is 0.310 e. The van der Waals surface area contributed by atoms with Crippen LogP contribution in [-0.4, -0.2) is 4.57 Å². The molecule has 0 radical (unpaired) electrons. The molecule has 206 valence electrons. The zero-order valence-corrected chi connectivity index (χ0v) is 24.1. The van der Waals surface area contributed by atoms with Crippen molar-refractivity contribution in [3.05, 3.63) is 170 Å². The van der Waals surface area contributed by atoms with Crippen molar-refractivity contribution >= 4 is 71.2 Å². The lowest BCUT2D eigenvalue weighted by atomic mass is 9.96. The van der Waals surface area contributed by atoms with Gasteiger partial charge in [-0.2, -0.15) is 0 Å². The summed E-state index contributed by atoms with van der Waals surface area (Å²) < 4.78 is 2.39. The summed E-state index contributed by atoms with van der Waals surface area (Å²) in [5, 5.41) is 10.1. The van der Waals surface area contributed by atoms with Gasteiger partial charge in [-0.05, 0) is 86.9 Å². The van der Waals surface area contributed by atoms with Gasteiger partial charge in [0, 0.05) is 33.5 Å². The molecular formula is C42H28N2. The van der Waals surface area contributed by atoms with E-state index in [4.69, 9.17) is 0 Å². The van der Waals surface area contributed by atoms with E-state index in [1.807, 2.05) is 0 Å². The number of nitrogens with zero attached hydrogens (tertiary/aromatic N) is 2. The van der Waals surface area contributed by atoms with Crippen molar-refractivity contribution < 1.29 is 0 Å². The zero-order valence-electron chi connectivity index (χ0n) is 24.1. The molecular weight excluding hydrogens is 532 g/mol. The minimum absolute atomic E-state index is 1.12. The van der Waals surface area contributed by atoms with Crippen LogP contribution >= 0.6 is 0 Å². The van der Waals surface area contributed by atoms with Gasteiger partial charge in [-0.15, -0.1) is 0 Å². The van der Waals surface area contributed by atoms with E-state index in [0.717, 1.165) is 22.7 Å². The van der Waals surface area contributed by atoms with Gasteiger partial charge in [0.2, 0.25) is 0 Å². The van der Waals surface area contributed by atoms with E-state index in [1.165, 1.54) is 54.1 Å². The summed E-state index contributed by atoms with van der Waals surface area (Å²) >= 11 is 0. The summed E-state index contributed by atoms with van der Waals surface area (Å²) in [6.45, 7) is 0. The predicted molar refractivity (Wildman–Crippen MR) is 188 cm³/mol. The quantitative estimate of drug-likeness (QED) is 0.194. The fourth-order valence-corrected chi connectivity index (χ4v) is 6.92. The molecule has 9 rings (SSSR count). The Hall–Kier alpha value is -5.86. The van der Waals surface area contributed by atoms with E-state index >= 15 is 0 Å². The van der Waals surface area contributed by atoms with Crippen molar-refractivity contribution in [1.82, 2.24) is 4.57 Å². The Labute approximate surface area is 255 Å². The Balaban J connectivity index is 1.31. The summed E-state index contributed by atoms with van der Waals surface area (Å²) in [5.74, 6) is 0. The number of fused-ring (bicyclic) bond motifs is 8. The predicted octanol–water partition coefficient (Wildman–Crippen LogP) is 11.7. The molecule has 0 saturated heterocycles. The van der Waals surface area contributed by atoms with Crippen LogP contribution in [0.1, 0.15) is 0 Å². The average molecular weight is 561 g/mol. The first-order valence-corrected chi connectivity index (χ1v) is 15.1. The van der Waals surface area contributed by atoms with Crippen LogP contribution in [0.25, 0.3) is 59.8 Å². The first-order valence-electron chi connectivity index (χ1n) is 15.1. The van der Waals surface area contributed by atoms with Crippen LogP contribution < -0.4 is 4.90 Å². The Morgan fingerprint density at radius 2 is 0.864 bits per heavy atom. The molecule has 1 aromatic heterocycles. The molecule has 0 spiro atoms. The normalized spacial score (nSPS) is 11.6. The van der Waals surface area contributed by atoms with Crippen molar-refractivity contribution in [2.24, 2.45) is 0 Å². The van der Waals surface area contributed by atoms with Crippen LogP contribution in [0.3, 0.4) is 0 Å². The number of hydrogen-bond acceptors (Lipinski definition) is 1. The molecule has 0 bridgehead atoms. The van der Waals surface area contributed by atoms with Gasteiger partial charge in [-0.3, -0.25) is 0 Å². The highest BCUT2D eigenvalue weighted by Crippen LogP contribution is 2.41. The summed E-state index contributed by atoms with van der Waals surface area (Å²) in [5.41, 5.74) is 6.93. The second-order valence-corrected chi connectivity index (χ2v) is 11.4. The van der Waals surface area contributed by atoms with Crippen molar-refractivity contribution in [3.8, 4) is 5.69 Å². The standard InChI is InChI=1S/C42H28N2/c1-3-12-31(13-4-1)43(33-22-19-30-21-24-36-35-16-8-7-11-29(35)20-25-37(36)40(30)27-33)34-23-26-39-38-17-9-10-18-41(38)44(42(39)28-34)32-14-5-2-6-15-32/h1-28H. The molecule has 0 aliphatic carbocycles. The maximum atomic E-state index is 2.39. The third-order valence-corrected chi connectivity index (χ3v) is 8.93. The molecule has 0 aliphatic rings. The van der Waals surface area contributed by atoms with Crippen LogP contribution in [0.15, 0.2) is 170 Å². The van der Waals surface area contributed by atoms with Crippen molar-refractivity contribution in [1.29, 1.82) is 0 Å². The van der Waals surface area contributed by atoms with Gasteiger partial charge in [0.1, 0.15) is 0 Å². The number of hydrogen-bond donors (Lipinski definition) is 0. The molecule has 2 heteroatoms. The number of aromatic nitrogens is 1. The highest BCUT2D eigenvalue weighted by Gasteiger charge is 2.18. The lowest BCUT2D eigenvalue weighted by molar-refractivity contribution is 1.18. The van der Waals surface area contributed by atoms with E-state index in [-0.39, 0.29) is 0 Å². The van der Waals surface area contributed by atoms with Crippen molar-refractivity contribution in [2.75, 3.05) is 4.90 Å². The molecule has 0 amide bonds. The van der Waals surface area contributed by atoms with Crippen molar-refractivity contribution in [3.63, 3.8) is 0 Å². The molecule has 2 nitrogen and oxygen atoms in total. The SMILES string of the molecule is c1ccc(N(c2ccc3ccc4c5ccccc5ccc4c3c2)c2ccc3c4ccccc4n(-c4ccccc4)c3c2)cc1. The maximum Gasteiger partial charge on any atom is 0.0561 e. The van der Waals surface area contributed by atoms with E-state index in [2.05, 4.69) is 179 Å². The van der Waals surface area contributed by atoms with E-state index in [0.29, 0.717) is 0 Å². The molecule has 8 aromatic carbocycles. The lowest BCUT2D eigenvalue weighted by Crippen LogP contribution is -2.10. The van der Waals surface area contributed by atoms with Crippen LogP contribution in [0, 0.1) is 0 Å². The number of anilines is 3. The fourth-order valence-electron chi connectivity index (χ4n) is 6.92. The minimum Gasteiger partial charge on any atom is -0.310 e. The van der Waals surface area contributed by atoms with E-state index in [9.17, 15) is 0 Å². The van der Waals surface area contributed by atoms with Gasteiger partial charge in [0.15, 0.2) is 0 Å². The third-order valence-electron chi connectivity index (χ3n) is 8.93. The Morgan fingerprint density at radius 3 is 1.68 bits per heavy atom. The Kier molecular flexibility index (Phi) is 5.54. The fraction of sp³-hybridized carbons (Fsp3) is 0. The van der Waals surface area contributed by atoms with Gasteiger partial charge in [0.05, 0.1) is 11.0 Å². The number of para-hydroxylation sites is 3. The smallest absolute Gasteiger partial charge is 0.0561 e. The molecule has 0 atom stereocenters. The second kappa shape index (κ2) is 9.86. The first-order chi connectivity index (χ1) is 21.8. The van der Waals surface area contributed by atoms with Gasteiger partial charge in [-0.25, -0.2) is 0 Å². The molecule has 44 heavy (non-hydrogen) atoms. The molecule has 0 aliphatic heterocycles. The Morgan fingerprint density at radius 1 is 0.318 bits per heavy atom. The van der Waals surface area contributed by atoms with Crippen LogP contribution in [-0.2, 0) is 0 Å². The summed E-state index contributed by atoms with van der Waals surface area (Å²) in [4.78, 5) is 2.38. The van der Waals surface area contributed by atoms with Crippen LogP contribution in [0.5, 0.6) is 0 Å². The van der Waals surface area contributed by atoms with Crippen LogP contribution in [0.4, 0.5) is 17.1 Å². The van der Waals surface area contributed by atoms with Crippen molar-refractivity contribution in [2.45, 2.75) is 0 Å². The number of rotatable bonds is 4. The zero-order chi connectivity index (χ0) is 29.0. The third kappa shape index (κ3) is 3.82. The topological polar surface area (TPSA) is 8.17 Å². The van der Waals surface area contributed by atoms with E-state index in [1.54, 1.807) is 0 Å². The van der Waals surface area contributed by atoms with Gasteiger partial charge in [-0.1, -0.05) is 115 Å². The first kappa shape index (κ1) is 24.7. The van der Waals surface area contributed by atoms with Gasteiger partial charge >= 0.3 is 0 Å². The summed E-state index contributed by atoms with van der Waals surface area (Å²) in [6.07, 6.45) is 0. The monoisotopic (exact) mass is 560 g/mol.